The molecule has 1 saturated carbocycles. The van der Waals surface area contributed by atoms with Gasteiger partial charge in [-0.3, -0.25) is 0 Å². The fourth-order valence-corrected chi connectivity index (χ4v) is 2.79. The number of alkyl halides is 1. The highest BCUT2D eigenvalue weighted by molar-refractivity contribution is 6.18. The van der Waals surface area contributed by atoms with E-state index in [4.69, 9.17) is 16.3 Å². The molecule has 1 N–H and O–H groups in total. The maximum atomic E-state index is 5.94. The Hall–Kier alpha value is -0.730. The summed E-state index contributed by atoms with van der Waals surface area (Å²) < 4.78 is 5.64. The lowest BCUT2D eigenvalue weighted by Gasteiger charge is -2.18. The molecule has 2 rings (SSSR count). The van der Waals surface area contributed by atoms with Gasteiger partial charge in [-0.1, -0.05) is 24.6 Å². The third-order valence-corrected chi connectivity index (χ3v) is 3.77. The molecule has 3 heteroatoms. The van der Waals surface area contributed by atoms with Gasteiger partial charge in [0.15, 0.2) is 0 Å². The molecule has 0 amide bonds. The second-order valence-electron chi connectivity index (χ2n) is 4.57. The van der Waals surface area contributed by atoms with Gasteiger partial charge in [-0.25, -0.2) is 0 Å². The van der Waals surface area contributed by atoms with Gasteiger partial charge in [0.05, 0.1) is 0 Å². The van der Waals surface area contributed by atoms with E-state index in [1.165, 1.54) is 19.3 Å². The molecule has 0 heterocycles. The number of nitrogens with one attached hydrogen (secondary N) is 1. The van der Waals surface area contributed by atoms with Crippen LogP contribution in [0, 0.1) is 5.92 Å². The molecular weight excluding hydrogens is 234 g/mol. The topological polar surface area (TPSA) is 21.3 Å². The molecular formula is C14H20ClNO. The van der Waals surface area contributed by atoms with Crippen LogP contribution >= 0.6 is 11.6 Å². The van der Waals surface area contributed by atoms with Crippen molar-refractivity contribution in [3.63, 3.8) is 0 Å². The van der Waals surface area contributed by atoms with Crippen molar-refractivity contribution in [3.05, 3.63) is 30.3 Å². The Morgan fingerprint density at radius 3 is 2.82 bits per heavy atom. The number of halogens is 1. The van der Waals surface area contributed by atoms with Crippen LogP contribution in [0.2, 0.25) is 0 Å². The van der Waals surface area contributed by atoms with Crippen molar-refractivity contribution in [3.8, 4) is 5.75 Å². The van der Waals surface area contributed by atoms with Crippen LogP contribution in [0.15, 0.2) is 30.3 Å². The smallest absolute Gasteiger partial charge is 0.119 e. The summed E-state index contributed by atoms with van der Waals surface area (Å²) in [4.78, 5) is 0. The minimum absolute atomic E-state index is 0.590. The molecule has 0 aliphatic heterocycles. The summed E-state index contributed by atoms with van der Waals surface area (Å²) in [6.45, 7) is 1.61. The van der Waals surface area contributed by atoms with Gasteiger partial charge in [-0.05, 0) is 30.9 Å². The van der Waals surface area contributed by atoms with Crippen LogP contribution in [-0.4, -0.2) is 25.1 Å². The minimum atomic E-state index is 0.590. The predicted molar refractivity (Wildman–Crippen MR) is 71.8 cm³/mol. The first-order valence-corrected chi connectivity index (χ1v) is 6.91. The van der Waals surface area contributed by atoms with Crippen molar-refractivity contribution in [1.29, 1.82) is 0 Å². The van der Waals surface area contributed by atoms with E-state index in [2.05, 4.69) is 5.32 Å². The fourth-order valence-electron chi connectivity index (χ4n) is 2.42. The fraction of sp³-hybridized carbons (Fsp3) is 0.571. The number of ether oxygens (including phenoxy) is 1. The van der Waals surface area contributed by atoms with E-state index < -0.39 is 0 Å². The Balaban J connectivity index is 1.63. The van der Waals surface area contributed by atoms with Gasteiger partial charge < -0.3 is 10.1 Å². The highest BCUT2D eigenvalue weighted by atomic mass is 35.5. The molecule has 1 aliphatic carbocycles. The Bertz CT molecular complexity index is 317. The van der Waals surface area contributed by atoms with E-state index in [1.54, 1.807) is 0 Å². The first-order valence-electron chi connectivity index (χ1n) is 6.37. The van der Waals surface area contributed by atoms with Crippen molar-refractivity contribution in [2.75, 3.05) is 19.0 Å². The molecule has 2 nitrogen and oxygen atoms in total. The number of para-hydroxylation sites is 1. The standard InChI is InChI=1S/C14H20ClNO/c15-11-12-5-4-8-14(12)16-9-10-17-13-6-2-1-3-7-13/h1-3,6-7,12,14,16H,4-5,8-11H2. The van der Waals surface area contributed by atoms with Gasteiger partial charge in [0.25, 0.3) is 0 Å². The zero-order valence-electron chi connectivity index (χ0n) is 10.1. The monoisotopic (exact) mass is 253 g/mol. The lowest BCUT2D eigenvalue weighted by atomic mass is 10.1. The average Bonchev–Trinajstić information content (AvgIpc) is 2.83. The quantitative estimate of drug-likeness (QED) is 0.622. The molecule has 1 fully saturated rings. The van der Waals surface area contributed by atoms with Crippen molar-refractivity contribution >= 4 is 11.6 Å². The first-order chi connectivity index (χ1) is 8.40. The lowest BCUT2D eigenvalue weighted by Crippen LogP contribution is -2.35. The van der Waals surface area contributed by atoms with Gasteiger partial charge >= 0.3 is 0 Å². The van der Waals surface area contributed by atoms with Gasteiger partial charge in [-0.15, -0.1) is 11.6 Å². The van der Waals surface area contributed by atoms with Crippen LogP contribution in [0.1, 0.15) is 19.3 Å². The molecule has 0 bridgehead atoms. The van der Waals surface area contributed by atoms with Crippen LogP contribution in [0.25, 0.3) is 0 Å². The summed E-state index contributed by atoms with van der Waals surface area (Å²) in [6.07, 6.45) is 3.82. The number of hydrogen-bond donors (Lipinski definition) is 1. The maximum absolute atomic E-state index is 5.94. The summed E-state index contributed by atoms with van der Waals surface area (Å²) in [5.74, 6) is 2.36. The third-order valence-electron chi connectivity index (χ3n) is 3.38. The average molecular weight is 254 g/mol. The Morgan fingerprint density at radius 2 is 2.06 bits per heavy atom. The summed E-state index contributed by atoms with van der Waals surface area (Å²) in [5.41, 5.74) is 0. The molecule has 0 radical (unpaired) electrons. The molecule has 2 unspecified atom stereocenters. The van der Waals surface area contributed by atoms with Crippen LogP contribution in [0.3, 0.4) is 0 Å². The third kappa shape index (κ3) is 3.90. The van der Waals surface area contributed by atoms with E-state index in [0.29, 0.717) is 12.0 Å². The van der Waals surface area contributed by atoms with Crippen molar-refractivity contribution in [1.82, 2.24) is 5.32 Å². The van der Waals surface area contributed by atoms with Crippen LogP contribution in [-0.2, 0) is 0 Å². The zero-order chi connectivity index (χ0) is 11.9. The maximum Gasteiger partial charge on any atom is 0.119 e. The van der Waals surface area contributed by atoms with Gasteiger partial charge in [0, 0.05) is 18.5 Å². The molecule has 1 aliphatic rings. The largest absolute Gasteiger partial charge is 0.492 e. The van der Waals surface area contributed by atoms with Crippen LogP contribution in [0.5, 0.6) is 5.75 Å². The molecule has 1 aromatic carbocycles. The van der Waals surface area contributed by atoms with E-state index in [9.17, 15) is 0 Å². The lowest BCUT2D eigenvalue weighted by molar-refractivity contribution is 0.297. The summed E-state index contributed by atoms with van der Waals surface area (Å²) in [5, 5.41) is 3.54. The molecule has 0 spiro atoms. The molecule has 94 valence electrons. The van der Waals surface area contributed by atoms with Gasteiger partial charge in [0.1, 0.15) is 12.4 Å². The number of hydrogen-bond acceptors (Lipinski definition) is 2. The van der Waals surface area contributed by atoms with E-state index in [0.717, 1.165) is 24.8 Å². The molecule has 17 heavy (non-hydrogen) atoms. The second kappa shape index (κ2) is 6.87. The molecule has 0 aromatic heterocycles. The Labute approximate surface area is 108 Å². The van der Waals surface area contributed by atoms with Crippen molar-refractivity contribution < 1.29 is 4.74 Å². The minimum Gasteiger partial charge on any atom is -0.492 e. The van der Waals surface area contributed by atoms with Crippen LogP contribution in [0.4, 0.5) is 0 Å². The number of benzene rings is 1. The number of rotatable bonds is 6. The van der Waals surface area contributed by atoms with E-state index >= 15 is 0 Å². The Kier molecular flexibility index (Phi) is 5.14. The van der Waals surface area contributed by atoms with Crippen molar-refractivity contribution in [2.24, 2.45) is 5.92 Å². The SMILES string of the molecule is ClCC1CCCC1NCCOc1ccccc1. The van der Waals surface area contributed by atoms with E-state index in [1.807, 2.05) is 30.3 Å². The predicted octanol–water partition coefficient (Wildman–Crippen LogP) is 3.06. The van der Waals surface area contributed by atoms with E-state index in [-0.39, 0.29) is 0 Å². The van der Waals surface area contributed by atoms with Gasteiger partial charge in [-0.2, -0.15) is 0 Å². The summed E-state index contributed by atoms with van der Waals surface area (Å²) in [6, 6.07) is 10.5. The van der Waals surface area contributed by atoms with Crippen LogP contribution < -0.4 is 10.1 Å². The molecule has 2 atom stereocenters. The highest BCUT2D eigenvalue weighted by Gasteiger charge is 2.25. The zero-order valence-corrected chi connectivity index (χ0v) is 10.8. The summed E-state index contributed by atoms with van der Waals surface area (Å²) in [7, 11) is 0. The Morgan fingerprint density at radius 1 is 1.24 bits per heavy atom. The second-order valence-corrected chi connectivity index (χ2v) is 4.88. The molecule has 1 aromatic rings. The highest BCUT2D eigenvalue weighted by Crippen LogP contribution is 2.26. The molecule has 0 saturated heterocycles. The normalized spacial score (nSPS) is 23.8. The van der Waals surface area contributed by atoms with Crippen molar-refractivity contribution in [2.45, 2.75) is 25.3 Å². The first kappa shape index (κ1) is 12.7. The van der Waals surface area contributed by atoms with Gasteiger partial charge in [0.2, 0.25) is 0 Å². The summed E-state index contributed by atoms with van der Waals surface area (Å²) >= 11 is 5.94.